The number of aromatic hydroxyl groups is 1. The molecule has 1 atom stereocenters. The molecule has 1 unspecified atom stereocenters. The SMILES string of the molecule is CN(C)C(CNC(=O)N1Cc2ccc(F)cc2C1)c1ccc(O)cc1. The Morgan fingerprint density at radius 1 is 1.20 bits per heavy atom. The number of benzene rings is 2. The van der Waals surface area contributed by atoms with E-state index in [0.29, 0.717) is 19.6 Å². The van der Waals surface area contributed by atoms with E-state index in [2.05, 4.69) is 5.32 Å². The quantitative estimate of drug-likeness (QED) is 0.898. The molecule has 2 amide bonds. The minimum absolute atomic E-state index is 0.00743. The van der Waals surface area contributed by atoms with Crippen LogP contribution in [-0.2, 0) is 13.1 Å². The molecule has 2 N–H and O–H groups in total. The minimum Gasteiger partial charge on any atom is -0.508 e. The topological polar surface area (TPSA) is 55.8 Å². The fraction of sp³-hybridized carbons (Fsp3) is 0.316. The monoisotopic (exact) mass is 343 g/mol. The Morgan fingerprint density at radius 2 is 1.88 bits per heavy atom. The summed E-state index contributed by atoms with van der Waals surface area (Å²) in [5.41, 5.74) is 2.85. The summed E-state index contributed by atoms with van der Waals surface area (Å²) in [6.07, 6.45) is 0. The van der Waals surface area contributed by atoms with Crippen molar-refractivity contribution in [2.24, 2.45) is 0 Å². The molecule has 1 heterocycles. The summed E-state index contributed by atoms with van der Waals surface area (Å²) in [5.74, 6) is -0.0617. The predicted octanol–water partition coefficient (Wildman–Crippen LogP) is 2.86. The third-order valence-electron chi connectivity index (χ3n) is 4.53. The number of hydrogen-bond acceptors (Lipinski definition) is 3. The van der Waals surface area contributed by atoms with Gasteiger partial charge in [-0.15, -0.1) is 0 Å². The number of fused-ring (bicyclic) bond motifs is 1. The molecule has 0 fully saturated rings. The van der Waals surface area contributed by atoms with Gasteiger partial charge in [0.15, 0.2) is 0 Å². The summed E-state index contributed by atoms with van der Waals surface area (Å²) in [7, 11) is 3.89. The molecular formula is C19H22FN3O2. The van der Waals surface area contributed by atoms with Crippen molar-refractivity contribution < 1.29 is 14.3 Å². The van der Waals surface area contributed by atoms with Crippen LogP contribution in [0.3, 0.4) is 0 Å². The Kier molecular flexibility index (Phi) is 4.90. The molecule has 2 aromatic rings. The first-order valence-corrected chi connectivity index (χ1v) is 8.19. The zero-order chi connectivity index (χ0) is 18.0. The number of phenols is 1. The maximum absolute atomic E-state index is 13.3. The summed E-state index contributed by atoms with van der Waals surface area (Å²) in [6, 6.07) is 11.4. The van der Waals surface area contributed by atoms with E-state index in [0.717, 1.165) is 16.7 Å². The van der Waals surface area contributed by atoms with E-state index in [-0.39, 0.29) is 23.6 Å². The fourth-order valence-corrected chi connectivity index (χ4v) is 3.10. The van der Waals surface area contributed by atoms with Crippen LogP contribution >= 0.6 is 0 Å². The predicted molar refractivity (Wildman–Crippen MR) is 93.6 cm³/mol. The van der Waals surface area contributed by atoms with Gasteiger partial charge in [-0.2, -0.15) is 0 Å². The lowest BCUT2D eigenvalue weighted by molar-refractivity contribution is 0.193. The van der Waals surface area contributed by atoms with Crippen molar-refractivity contribution in [3.8, 4) is 5.75 Å². The van der Waals surface area contributed by atoms with Crippen LogP contribution in [-0.4, -0.2) is 41.6 Å². The number of carbonyl (C=O) groups is 1. The summed E-state index contributed by atoms with van der Waals surface area (Å²) in [6.45, 7) is 1.36. The molecule has 0 aromatic heterocycles. The molecule has 132 valence electrons. The lowest BCUT2D eigenvalue weighted by Gasteiger charge is -2.26. The number of nitrogens with one attached hydrogen (secondary N) is 1. The molecule has 6 heteroatoms. The third-order valence-corrected chi connectivity index (χ3v) is 4.53. The van der Waals surface area contributed by atoms with Gasteiger partial charge in [0.05, 0.1) is 6.04 Å². The molecule has 5 nitrogen and oxygen atoms in total. The number of carbonyl (C=O) groups excluding carboxylic acids is 1. The minimum atomic E-state index is -0.277. The molecule has 2 aromatic carbocycles. The number of urea groups is 1. The molecule has 1 aliphatic heterocycles. The standard InChI is InChI=1S/C19H22FN3O2/c1-22(2)18(13-4-7-17(24)8-5-13)10-21-19(25)23-11-14-3-6-16(20)9-15(14)12-23/h3-9,18,24H,10-12H2,1-2H3,(H,21,25). The Balaban J connectivity index is 1.62. The number of amides is 2. The smallest absolute Gasteiger partial charge is 0.318 e. The summed E-state index contributed by atoms with van der Waals surface area (Å²) >= 11 is 0. The van der Waals surface area contributed by atoms with Crippen LogP contribution < -0.4 is 5.32 Å². The van der Waals surface area contributed by atoms with Crippen LogP contribution in [0.5, 0.6) is 5.75 Å². The highest BCUT2D eigenvalue weighted by atomic mass is 19.1. The highest BCUT2D eigenvalue weighted by molar-refractivity contribution is 5.75. The first kappa shape index (κ1) is 17.2. The molecule has 25 heavy (non-hydrogen) atoms. The number of phenolic OH excluding ortho intramolecular Hbond substituents is 1. The van der Waals surface area contributed by atoms with Gasteiger partial charge in [0.25, 0.3) is 0 Å². The molecule has 0 saturated carbocycles. The first-order valence-electron chi connectivity index (χ1n) is 8.19. The molecule has 0 aliphatic carbocycles. The molecule has 0 saturated heterocycles. The van der Waals surface area contributed by atoms with Gasteiger partial charge in [0, 0.05) is 19.6 Å². The average molecular weight is 343 g/mol. The Morgan fingerprint density at radius 3 is 2.56 bits per heavy atom. The van der Waals surface area contributed by atoms with Crippen molar-refractivity contribution >= 4 is 6.03 Å². The number of rotatable bonds is 4. The van der Waals surface area contributed by atoms with E-state index in [1.165, 1.54) is 12.1 Å². The number of nitrogens with zero attached hydrogens (tertiary/aromatic N) is 2. The van der Waals surface area contributed by atoms with Gasteiger partial charge in [-0.1, -0.05) is 18.2 Å². The van der Waals surface area contributed by atoms with Gasteiger partial charge < -0.3 is 20.2 Å². The molecule has 0 radical (unpaired) electrons. The second kappa shape index (κ2) is 7.11. The molecule has 1 aliphatic rings. The van der Waals surface area contributed by atoms with Gasteiger partial charge >= 0.3 is 6.03 Å². The van der Waals surface area contributed by atoms with Gasteiger partial charge in [0.2, 0.25) is 0 Å². The average Bonchev–Trinajstić information content (AvgIpc) is 2.99. The lowest BCUT2D eigenvalue weighted by Crippen LogP contribution is -2.41. The highest BCUT2D eigenvalue weighted by Gasteiger charge is 2.24. The van der Waals surface area contributed by atoms with Crippen molar-refractivity contribution in [3.05, 3.63) is 65.0 Å². The number of hydrogen-bond donors (Lipinski definition) is 2. The number of likely N-dealkylation sites (N-methyl/N-ethyl adjacent to an activating group) is 1. The maximum Gasteiger partial charge on any atom is 0.318 e. The fourth-order valence-electron chi connectivity index (χ4n) is 3.10. The van der Waals surface area contributed by atoms with Crippen LogP contribution in [0.4, 0.5) is 9.18 Å². The summed E-state index contributed by atoms with van der Waals surface area (Å²) in [4.78, 5) is 16.2. The van der Waals surface area contributed by atoms with Crippen molar-refractivity contribution in [1.29, 1.82) is 0 Å². The van der Waals surface area contributed by atoms with Gasteiger partial charge in [0.1, 0.15) is 11.6 Å². The zero-order valence-electron chi connectivity index (χ0n) is 14.4. The second-order valence-electron chi connectivity index (χ2n) is 6.53. The molecular weight excluding hydrogens is 321 g/mol. The van der Waals surface area contributed by atoms with Crippen LogP contribution in [0, 0.1) is 5.82 Å². The highest BCUT2D eigenvalue weighted by Crippen LogP contribution is 2.24. The van der Waals surface area contributed by atoms with E-state index in [1.54, 1.807) is 23.1 Å². The van der Waals surface area contributed by atoms with Gasteiger partial charge in [-0.05, 0) is 55.1 Å². The van der Waals surface area contributed by atoms with Crippen LogP contribution in [0.2, 0.25) is 0 Å². The van der Waals surface area contributed by atoms with E-state index in [1.807, 2.05) is 31.1 Å². The Bertz CT molecular complexity index is 762. The van der Waals surface area contributed by atoms with Crippen LogP contribution in [0.15, 0.2) is 42.5 Å². The van der Waals surface area contributed by atoms with Crippen molar-refractivity contribution in [2.45, 2.75) is 19.1 Å². The zero-order valence-corrected chi connectivity index (χ0v) is 14.4. The lowest BCUT2D eigenvalue weighted by atomic mass is 10.1. The van der Waals surface area contributed by atoms with E-state index in [4.69, 9.17) is 0 Å². The maximum atomic E-state index is 13.3. The van der Waals surface area contributed by atoms with E-state index >= 15 is 0 Å². The third kappa shape index (κ3) is 3.91. The van der Waals surface area contributed by atoms with E-state index in [9.17, 15) is 14.3 Å². The van der Waals surface area contributed by atoms with Crippen molar-refractivity contribution in [1.82, 2.24) is 15.1 Å². The molecule has 0 spiro atoms. The normalized spacial score (nSPS) is 14.5. The van der Waals surface area contributed by atoms with Crippen LogP contribution in [0.25, 0.3) is 0 Å². The van der Waals surface area contributed by atoms with Crippen molar-refractivity contribution in [3.63, 3.8) is 0 Å². The largest absolute Gasteiger partial charge is 0.508 e. The first-order chi connectivity index (χ1) is 11.9. The Labute approximate surface area is 146 Å². The summed E-state index contributed by atoms with van der Waals surface area (Å²) in [5, 5.41) is 12.4. The number of halogens is 1. The molecule has 3 rings (SSSR count). The molecule has 0 bridgehead atoms. The summed E-state index contributed by atoms with van der Waals surface area (Å²) < 4.78 is 13.3. The van der Waals surface area contributed by atoms with Crippen molar-refractivity contribution in [2.75, 3.05) is 20.6 Å². The van der Waals surface area contributed by atoms with E-state index < -0.39 is 0 Å². The van der Waals surface area contributed by atoms with Gasteiger partial charge in [-0.3, -0.25) is 0 Å². The van der Waals surface area contributed by atoms with Crippen LogP contribution in [0.1, 0.15) is 22.7 Å². The second-order valence-corrected chi connectivity index (χ2v) is 6.53. The van der Waals surface area contributed by atoms with Gasteiger partial charge in [-0.25, -0.2) is 9.18 Å². The Hall–Kier alpha value is -2.60.